The fourth-order valence-corrected chi connectivity index (χ4v) is 4.77. The number of ether oxygens (including phenoxy) is 4. The molecule has 186 valence electrons. The predicted octanol–water partition coefficient (Wildman–Crippen LogP) is 4.64. The van der Waals surface area contributed by atoms with Gasteiger partial charge in [0, 0.05) is 4.88 Å². The lowest BCUT2D eigenvalue weighted by molar-refractivity contribution is -0.145. The minimum absolute atomic E-state index is 0.179. The molecule has 1 aromatic heterocycles. The van der Waals surface area contributed by atoms with E-state index in [0.29, 0.717) is 31.2 Å². The quantitative estimate of drug-likeness (QED) is 0.178. The lowest BCUT2D eigenvalue weighted by Gasteiger charge is -2.13. The second-order valence-electron chi connectivity index (χ2n) is 6.96. The lowest BCUT2D eigenvalue weighted by Crippen LogP contribution is -2.16. The van der Waals surface area contributed by atoms with Crippen LogP contribution in [0.3, 0.4) is 0 Å². The van der Waals surface area contributed by atoms with E-state index in [1.807, 2.05) is 35.6 Å². The Hall–Kier alpha value is -3.11. The van der Waals surface area contributed by atoms with Crippen LogP contribution in [0.15, 0.2) is 17.7 Å². The number of anilines is 1. The summed E-state index contributed by atoms with van der Waals surface area (Å²) in [6, 6.07) is 5.15. The van der Waals surface area contributed by atoms with E-state index in [1.54, 1.807) is 32.9 Å². The third-order valence-electron chi connectivity index (χ3n) is 4.66. The van der Waals surface area contributed by atoms with Gasteiger partial charge in [0.05, 0.1) is 29.5 Å². The van der Waals surface area contributed by atoms with E-state index < -0.39 is 17.8 Å². The first-order valence-electron chi connectivity index (χ1n) is 10.5. The van der Waals surface area contributed by atoms with Gasteiger partial charge in [-0.2, -0.15) is 5.26 Å². The molecule has 0 aliphatic heterocycles. The summed E-state index contributed by atoms with van der Waals surface area (Å²) in [5.41, 5.74) is 1.32. The molecular formula is C24H25IN2O7S. The van der Waals surface area contributed by atoms with Crippen LogP contribution in [0, 0.1) is 28.7 Å². The monoisotopic (exact) mass is 612 g/mol. The number of thiophene rings is 1. The van der Waals surface area contributed by atoms with Gasteiger partial charge in [0.1, 0.15) is 16.6 Å². The maximum absolute atomic E-state index is 12.9. The molecule has 9 nitrogen and oxygen atoms in total. The van der Waals surface area contributed by atoms with Crippen molar-refractivity contribution in [3.05, 3.63) is 42.8 Å². The zero-order valence-corrected chi connectivity index (χ0v) is 22.9. The first-order chi connectivity index (χ1) is 16.7. The summed E-state index contributed by atoms with van der Waals surface area (Å²) in [6.07, 6.45) is 1.40. The van der Waals surface area contributed by atoms with Gasteiger partial charge in [-0.3, -0.25) is 4.79 Å². The average molecular weight is 612 g/mol. The molecule has 0 aliphatic carbocycles. The Bertz CT molecular complexity index is 1200. The third-order valence-corrected chi connectivity index (χ3v) is 6.58. The molecular weight excluding hydrogens is 587 g/mol. The van der Waals surface area contributed by atoms with Crippen molar-refractivity contribution in [2.75, 3.05) is 32.2 Å². The van der Waals surface area contributed by atoms with Gasteiger partial charge >= 0.3 is 11.9 Å². The standard InChI is InChI=1S/C24H25IN2O7S/c1-6-32-19(28)12-34-21-17(25)9-15(10-18(21)31-5)8-16(11-26)22(29)27-23-20(24(30)33-7-2)13(3)14(4)35-23/h8-10H,6-7,12H2,1-5H3,(H,27,29). The molecule has 0 atom stereocenters. The third kappa shape index (κ3) is 7.19. The molecule has 0 fully saturated rings. The van der Waals surface area contributed by atoms with E-state index in [4.69, 9.17) is 18.9 Å². The van der Waals surface area contributed by atoms with Crippen molar-refractivity contribution in [2.24, 2.45) is 0 Å². The van der Waals surface area contributed by atoms with Crippen LogP contribution < -0.4 is 14.8 Å². The number of nitriles is 1. The fraction of sp³-hybridized carbons (Fsp3) is 0.333. The topological polar surface area (TPSA) is 124 Å². The van der Waals surface area contributed by atoms with E-state index in [0.717, 1.165) is 4.88 Å². The number of benzene rings is 1. The smallest absolute Gasteiger partial charge is 0.344 e. The fourth-order valence-electron chi connectivity index (χ4n) is 2.95. The highest BCUT2D eigenvalue weighted by Crippen LogP contribution is 2.35. The summed E-state index contributed by atoms with van der Waals surface area (Å²) in [4.78, 5) is 37.7. The normalized spacial score (nSPS) is 10.8. The number of nitrogens with one attached hydrogen (secondary N) is 1. The van der Waals surface area contributed by atoms with E-state index in [-0.39, 0.29) is 31.0 Å². The SMILES string of the molecule is CCOC(=O)COc1c(I)cc(C=C(C#N)C(=O)Nc2sc(C)c(C)c2C(=O)OCC)cc1OC. The molecule has 0 aliphatic rings. The first kappa shape index (κ1) is 28.1. The maximum Gasteiger partial charge on any atom is 0.344 e. The number of nitrogens with zero attached hydrogens (tertiary/aromatic N) is 1. The Kier molecular flexibility index (Phi) is 10.5. The number of halogens is 1. The first-order valence-corrected chi connectivity index (χ1v) is 12.4. The highest BCUT2D eigenvalue weighted by atomic mass is 127. The van der Waals surface area contributed by atoms with Crippen molar-refractivity contribution < 1.29 is 33.3 Å². The summed E-state index contributed by atoms with van der Waals surface area (Å²) in [5.74, 6) is -1.07. The van der Waals surface area contributed by atoms with Gasteiger partial charge in [0.15, 0.2) is 18.1 Å². The van der Waals surface area contributed by atoms with E-state index >= 15 is 0 Å². The molecule has 0 saturated heterocycles. The summed E-state index contributed by atoms with van der Waals surface area (Å²) >= 11 is 3.24. The number of esters is 2. The highest BCUT2D eigenvalue weighted by Gasteiger charge is 2.23. The van der Waals surface area contributed by atoms with Gasteiger partial charge in [0.25, 0.3) is 5.91 Å². The van der Waals surface area contributed by atoms with E-state index in [9.17, 15) is 19.6 Å². The molecule has 0 radical (unpaired) electrons. The minimum Gasteiger partial charge on any atom is -0.493 e. The molecule has 1 heterocycles. The number of carbonyl (C=O) groups excluding carboxylic acids is 3. The molecule has 0 spiro atoms. The Labute approximate surface area is 221 Å². The zero-order valence-electron chi connectivity index (χ0n) is 19.9. The molecule has 11 heteroatoms. The number of carbonyl (C=O) groups is 3. The van der Waals surface area contributed by atoms with E-state index in [2.05, 4.69) is 5.32 Å². The second-order valence-corrected chi connectivity index (χ2v) is 9.35. The van der Waals surface area contributed by atoms with Crippen molar-refractivity contribution in [1.82, 2.24) is 0 Å². The number of hydrogen-bond acceptors (Lipinski definition) is 9. The number of aryl methyl sites for hydroxylation is 1. The Morgan fingerprint density at radius 2 is 1.86 bits per heavy atom. The van der Waals surface area contributed by atoms with Crippen LogP contribution in [-0.2, 0) is 19.1 Å². The minimum atomic E-state index is -0.670. The average Bonchev–Trinajstić information content (AvgIpc) is 3.09. The number of hydrogen-bond donors (Lipinski definition) is 1. The van der Waals surface area contributed by atoms with Crippen molar-refractivity contribution in [1.29, 1.82) is 5.26 Å². The predicted molar refractivity (Wildman–Crippen MR) is 140 cm³/mol. The van der Waals surface area contributed by atoms with Gasteiger partial charge in [-0.05, 0) is 79.6 Å². The highest BCUT2D eigenvalue weighted by molar-refractivity contribution is 14.1. The molecule has 1 N–H and O–H groups in total. The van der Waals surface area contributed by atoms with Crippen molar-refractivity contribution in [3.63, 3.8) is 0 Å². The van der Waals surface area contributed by atoms with Gasteiger partial charge < -0.3 is 24.3 Å². The van der Waals surface area contributed by atoms with Crippen molar-refractivity contribution >= 4 is 62.9 Å². The van der Waals surface area contributed by atoms with Gasteiger partial charge in [-0.15, -0.1) is 11.3 Å². The summed E-state index contributed by atoms with van der Waals surface area (Å²) in [6.45, 7) is 7.15. The zero-order chi connectivity index (χ0) is 26.1. The van der Waals surface area contributed by atoms with E-state index in [1.165, 1.54) is 24.5 Å². The number of amides is 1. The van der Waals surface area contributed by atoms with Gasteiger partial charge in [-0.1, -0.05) is 0 Å². The van der Waals surface area contributed by atoms with Crippen LogP contribution in [0.2, 0.25) is 0 Å². The Morgan fingerprint density at radius 3 is 2.46 bits per heavy atom. The second kappa shape index (κ2) is 13.1. The maximum atomic E-state index is 12.9. The van der Waals surface area contributed by atoms with Crippen molar-refractivity contribution in [3.8, 4) is 17.6 Å². The molecule has 35 heavy (non-hydrogen) atoms. The summed E-state index contributed by atoms with van der Waals surface area (Å²) in [5, 5.41) is 12.6. The van der Waals surface area contributed by atoms with Crippen LogP contribution in [0.5, 0.6) is 11.5 Å². The van der Waals surface area contributed by atoms with Gasteiger partial charge in [0.2, 0.25) is 0 Å². The van der Waals surface area contributed by atoms with Crippen LogP contribution >= 0.6 is 33.9 Å². The van der Waals surface area contributed by atoms with Crippen molar-refractivity contribution in [2.45, 2.75) is 27.7 Å². The molecule has 0 bridgehead atoms. The van der Waals surface area contributed by atoms with Gasteiger partial charge in [-0.25, -0.2) is 9.59 Å². The molecule has 0 unspecified atom stereocenters. The molecule has 2 aromatic rings. The summed E-state index contributed by atoms with van der Waals surface area (Å²) < 4.78 is 21.5. The lowest BCUT2D eigenvalue weighted by atomic mass is 10.1. The summed E-state index contributed by atoms with van der Waals surface area (Å²) in [7, 11) is 1.44. The number of methoxy groups -OCH3 is 1. The molecule has 0 saturated carbocycles. The molecule has 1 amide bonds. The van der Waals surface area contributed by atoms with Crippen LogP contribution in [0.25, 0.3) is 6.08 Å². The van der Waals surface area contributed by atoms with Crippen LogP contribution in [0.4, 0.5) is 5.00 Å². The van der Waals surface area contributed by atoms with Crippen LogP contribution in [0.1, 0.15) is 40.2 Å². The molecule has 1 aromatic carbocycles. The molecule has 2 rings (SSSR count). The Morgan fingerprint density at radius 1 is 1.17 bits per heavy atom. The number of rotatable bonds is 10. The largest absolute Gasteiger partial charge is 0.493 e. The Balaban J connectivity index is 2.33. The van der Waals surface area contributed by atoms with Crippen LogP contribution in [-0.4, -0.2) is 44.8 Å².